The van der Waals surface area contributed by atoms with Crippen LogP contribution in [-0.2, 0) is 13.0 Å². The van der Waals surface area contributed by atoms with Crippen LogP contribution in [0.25, 0.3) is 10.9 Å². The Bertz CT molecular complexity index is 959. The van der Waals surface area contributed by atoms with Crippen LogP contribution in [0, 0.1) is 5.92 Å². The summed E-state index contributed by atoms with van der Waals surface area (Å²) in [5.41, 5.74) is 2.27. The lowest BCUT2D eigenvalue weighted by Gasteiger charge is -2.31. The Balaban J connectivity index is 1.35. The first-order valence-corrected chi connectivity index (χ1v) is 10.1. The standard InChI is InChI=1S/C20H24ClN5O2/c21-18-16-5-1-2-6-17(16)22-19(18)20(28)25-9-7-14(8-10-25)12-26-13-15(23-24-26)4-3-11-27/h1-2,5-6,13-14,22,27H,3-4,7-12H2. The second-order valence-corrected chi connectivity index (χ2v) is 7.73. The number of piperidine rings is 1. The number of nitrogens with one attached hydrogen (secondary N) is 1. The summed E-state index contributed by atoms with van der Waals surface area (Å²) in [5, 5.41) is 18.6. The van der Waals surface area contributed by atoms with Gasteiger partial charge in [-0.2, -0.15) is 0 Å². The van der Waals surface area contributed by atoms with E-state index >= 15 is 0 Å². The van der Waals surface area contributed by atoms with E-state index in [1.807, 2.05) is 40.0 Å². The number of para-hydroxylation sites is 1. The van der Waals surface area contributed by atoms with E-state index in [1.54, 1.807) is 0 Å². The fourth-order valence-corrected chi connectivity index (χ4v) is 4.09. The number of benzene rings is 1. The minimum atomic E-state index is -0.0355. The van der Waals surface area contributed by atoms with E-state index in [-0.39, 0.29) is 12.5 Å². The zero-order chi connectivity index (χ0) is 19.5. The van der Waals surface area contributed by atoms with Gasteiger partial charge in [-0.25, -0.2) is 0 Å². The Morgan fingerprint density at radius 1 is 1.29 bits per heavy atom. The number of carbonyl (C=O) groups excluding carboxylic acids is 1. The molecular weight excluding hydrogens is 378 g/mol. The van der Waals surface area contributed by atoms with Gasteiger partial charge in [0.2, 0.25) is 0 Å². The van der Waals surface area contributed by atoms with E-state index in [2.05, 4.69) is 15.3 Å². The summed E-state index contributed by atoms with van der Waals surface area (Å²) in [6.45, 7) is 2.39. The number of rotatable bonds is 6. The van der Waals surface area contributed by atoms with Gasteiger partial charge in [-0.05, 0) is 37.7 Å². The van der Waals surface area contributed by atoms with Gasteiger partial charge < -0.3 is 15.0 Å². The Hall–Kier alpha value is -2.38. The first kappa shape index (κ1) is 19.0. The van der Waals surface area contributed by atoms with Crippen LogP contribution in [0.15, 0.2) is 30.5 Å². The van der Waals surface area contributed by atoms with Crippen molar-refractivity contribution in [2.45, 2.75) is 32.2 Å². The molecule has 2 aromatic heterocycles. The molecule has 0 saturated carbocycles. The van der Waals surface area contributed by atoms with Gasteiger partial charge in [-0.1, -0.05) is 35.0 Å². The molecule has 1 aromatic carbocycles. The Labute approximate surface area is 168 Å². The normalized spacial score (nSPS) is 15.4. The Morgan fingerprint density at radius 2 is 2.07 bits per heavy atom. The predicted octanol–water partition coefficient (Wildman–Crippen LogP) is 2.89. The van der Waals surface area contributed by atoms with Crippen molar-refractivity contribution in [3.8, 4) is 0 Å². The van der Waals surface area contributed by atoms with Crippen molar-refractivity contribution < 1.29 is 9.90 Å². The molecule has 1 aliphatic heterocycles. The largest absolute Gasteiger partial charge is 0.396 e. The smallest absolute Gasteiger partial charge is 0.271 e. The molecule has 0 bridgehead atoms. The van der Waals surface area contributed by atoms with Gasteiger partial charge in [0, 0.05) is 43.3 Å². The molecule has 0 aliphatic carbocycles. The lowest BCUT2D eigenvalue weighted by Crippen LogP contribution is -2.39. The van der Waals surface area contributed by atoms with Gasteiger partial charge in [-0.3, -0.25) is 9.48 Å². The number of likely N-dealkylation sites (tertiary alicyclic amines) is 1. The molecule has 3 aromatic rings. The highest BCUT2D eigenvalue weighted by Gasteiger charge is 2.27. The number of amides is 1. The maximum absolute atomic E-state index is 12.9. The molecule has 0 unspecified atom stereocenters. The molecule has 7 nitrogen and oxygen atoms in total. The zero-order valence-corrected chi connectivity index (χ0v) is 16.4. The maximum atomic E-state index is 12.9. The third kappa shape index (κ3) is 3.91. The molecule has 0 spiro atoms. The molecule has 4 rings (SSSR count). The van der Waals surface area contributed by atoms with Gasteiger partial charge in [0.15, 0.2) is 0 Å². The number of nitrogens with zero attached hydrogens (tertiary/aromatic N) is 4. The van der Waals surface area contributed by atoms with E-state index in [9.17, 15) is 4.79 Å². The fourth-order valence-electron chi connectivity index (χ4n) is 3.80. The molecule has 148 valence electrons. The summed E-state index contributed by atoms with van der Waals surface area (Å²) in [5.74, 6) is 0.432. The van der Waals surface area contributed by atoms with E-state index in [4.69, 9.17) is 16.7 Å². The monoisotopic (exact) mass is 401 g/mol. The number of aromatic amines is 1. The molecule has 28 heavy (non-hydrogen) atoms. The number of halogens is 1. The van der Waals surface area contributed by atoms with Crippen molar-refractivity contribution >= 4 is 28.4 Å². The number of hydrogen-bond acceptors (Lipinski definition) is 4. The molecule has 2 N–H and O–H groups in total. The number of aliphatic hydroxyl groups is 1. The highest BCUT2D eigenvalue weighted by Crippen LogP contribution is 2.29. The Kier molecular flexibility index (Phi) is 5.64. The van der Waals surface area contributed by atoms with Gasteiger partial charge in [0.25, 0.3) is 5.91 Å². The lowest BCUT2D eigenvalue weighted by molar-refractivity contribution is 0.0676. The summed E-state index contributed by atoms with van der Waals surface area (Å²) in [6.07, 6.45) is 5.26. The highest BCUT2D eigenvalue weighted by atomic mass is 35.5. The topological polar surface area (TPSA) is 87.0 Å². The first-order chi connectivity index (χ1) is 13.7. The summed E-state index contributed by atoms with van der Waals surface area (Å²) in [4.78, 5) is 18.0. The van der Waals surface area contributed by atoms with Gasteiger partial charge in [0.05, 0.1) is 10.7 Å². The molecule has 8 heteroatoms. The van der Waals surface area contributed by atoms with Gasteiger partial charge in [-0.15, -0.1) is 5.10 Å². The molecule has 3 heterocycles. The van der Waals surface area contributed by atoms with Gasteiger partial charge in [0.1, 0.15) is 5.69 Å². The van der Waals surface area contributed by atoms with Crippen LogP contribution in [0.1, 0.15) is 35.4 Å². The zero-order valence-electron chi connectivity index (χ0n) is 15.6. The third-order valence-corrected chi connectivity index (χ3v) is 5.77. The average Bonchev–Trinajstić information content (AvgIpc) is 3.31. The van der Waals surface area contributed by atoms with Crippen LogP contribution in [0.2, 0.25) is 5.02 Å². The van der Waals surface area contributed by atoms with Crippen LogP contribution >= 0.6 is 11.6 Å². The van der Waals surface area contributed by atoms with Gasteiger partial charge >= 0.3 is 0 Å². The average molecular weight is 402 g/mol. The summed E-state index contributed by atoms with van der Waals surface area (Å²) < 4.78 is 1.88. The maximum Gasteiger partial charge on any atom is 0.271 e. The number of aryl methyl sites for hydroxylation is 1. The van der Waals surface area contributed by atoms with Crippen molar-refractivity contribution in [3.63, 3.8) is 0 Å². The number of fused-ring (bicyclic) bond motifs is 1. The summed E-state index contributed by atoms with van der Waals surface area (Å²) in [6, 6.07) is 7.69. The molecular formula is C20H24ClN5O2. The second-order valence-electron chi connectivity index (χ2n) is 7.35. The van der Waals surface area contributed by atoms with Crippen molar-refractivity contribution in [1.29, 1.82) is 0 Å². The summed E-state index contributed by atoms with van der Waals surface area (Å²) in [7, 11) is 0. The number of aliphatic hydroxyl groups excluding tert-OH is 1. The van der Waals surface area contributed by atoms with Crippen LogP contribution in [-0.4, -0.2) is 55.6 Å². The number of hydrogen-bond donors (Lipinski definition) is 2. The molecule has 0 radical (unpaired) electrons. The van der Waals surface area contributed by atoms with Crippen LogP contribution < -0.4 is 0 Å². The number of carbonyl (C=O) groups is 1. The number of aromatic nitrogens is 4. The van der Waals surface area contributed by atoms with Crippen molar-refractivity contribution in [3.05, 3.63) is 46.9 Å². The Morgan fingerprint density at radius 3 is 2.82 bits per heavy atom. The SMILES string of the molecule is O=C(c1[nH]c2ccccc2c1Cl)N1CCC(Cn2cc(CCCO)nn2)CC1. The van der Waals surface area contributed by atoms with E-state index < -0.39 is 0 Å². The van der Waals surface area contributed by atoms with Crippen molar-refractivity contribution in [2.24, 2.45) is 5.92 Å². The lowest BCUT2D eigenvalue weighted by atomic mass is 9.96. The number of H-pyrrole nitrogens is 1. The van der Waals surface area contributed by atoms with Crippen molar-refractivity contribution in [1.82, 2.24) is 24.9 Å². The van der Waals surface area contributed by atoms with Crippen LogP contribution in [0.4, 0.5) is 0 Å². The molecule has 1 saturated heterocycles. The molecule has 1 aliphatic rings. The van der Waals surface area contributed by atoms with E-state index in [0.717, 1.165) is 42.4 Å². The quantitative estimate of drug-likeness (QED) is 0.664. The predicted molar refractivity (Wildman–Crippen MR) is 107 cm³/mol. The molecule has 1 amide bonds. The van der Waals surface area contributed by atoms with Crippen molar-refractivity contribution in [2.75, 3.05) is 19.7 Å². The first-order valence-electron chi connectivity index (χ1n) is 9.71. The second kappa shape index (κ2) is 8.32. The highest BCUT2D eigenvalue weighted by molar-refractivity contribution is 6.38. The minimum absolute atomic E-state index is 0.0355. The van der Waals surface area contributed by atoms with Crippen LogP contribution in [0.5, 0.6) is 0 Å². The minimum Gasteiger partial charge on any atom is -0.396 e. The fraction of sp³-hybridized carbons (Fsp3) is 0.450. The molecule has 0 atom stereocenters. The van der Waals surface area contributed by atoms with E-state index in [1.165, 1.54) is 0 Å². The van der Waals surface area contributed by atoms with E-state index in [0.29, 0.717) is 36.1 Å². The summed E-state index contributed by atoms with van der Waals surface area (Å²) >= 11 is 6.43. The molecule has 1 fully saturated rings. The van der Waals surface area contributed by atoms with Crippen LogP contribution in [0.3, 0.4) is 0 Å². The third-order valence-electron chi connectivity index (χ3n) is 5.38.